The van der Waals surface area contributed by atoms with Crippen LogP contribution < -0.4 is 5.30 Å². The molecule has 0 aliphatic carbocycles. The van der Waals surface area contributed by atoms with Crippen LogP contribution in [0.1, 0.15) is 30.1 Å². The van der Waals surface area contributed by atoms with Crippen LogP contribution in [0.4, 0.5) is 0 Å². The highest BCUT2D eigenvalue weighted by Crippen LogP contribution is 2.60. The summed E-state index contributed by atoms with van der Waals surface area (Å²) in [5.41, 5.74) is 6.53. The molecular formula is C30H25P. The van der Waals surface area contributed by atoms with Gasteiger partial charge >= 0.3 is 0 Å². The molecule has 0 saturated carbocycles. The van der Waals surface area contributed by atoms with Gasteiger partial charge in [-0.25, -0.2) is 0 Å². The fourth-order valence-electron chi connectivity index (χ4n) is 5.38. The van der Waals surface area contributed by atoms with Crippen molar-refractivity contribution in [1.29, 1.82) is 0 Å². The molecule has 5 aromatic rings. The highest BCUT2D eigenvalue weighted by molar-refractivity contribution is 7.65. The van der Waals surface area contributed by atoms with Crippen LogP contribution in [-0.2, 0) is 6.16 Å². The van der Waals surface area contributed by atoms with Crippen molar-refractivity contribution in [1.82, 2.24) is 0 Å². The van der Waals surface area contributed by atoms with E-state index in [-0.39, 0.29) is 7.92 Å². The summed E-state index contributed by atoms with van der Waals surface area (Å²) in [6.07, 6.45) is 2.30. The molecule has 2 atom stereocenters. The van der Waals surface area contributed by atoms with Gasteiger partial charge in [-0.15, -0.1) is 0 Å². The van der Waals surface area contributed by atoms with Crippen molar-refractivity contribution in [2.45, 2.75) is 25.2 Å². The standard InChI is InChI=1S/C30H25P/c1-2-28-27-19-18-22-11-7-9-15-26(22)30(27)29-23(17-16-21-10-6-8-14-25(21)29)20-31(28)24-12-4-3-5-13-24/h3-19,28H,2,20H2,1H3/t28-,31?/m0/s1. The van der Waals surface area contributed by atoms with E-state index in [9.17, 15) is 0 Å². The molecule has 0 bridgehead atoms. The predicted molar refractivity (Wildman–Crippen MR) is 137 cm³/mol. The molecule has 6 rings (SSSR count). The van der Waals surface area contributed by atoms with Gasteiger partial charge in [-0.2, -0.15) is 0 Å². The molecule has 0 amide bonds. The van der Waals surface area contributed by atoms with Gasteiger partial charge in [0.05, 0.1) is 0 Å². The topological polar surface area (TPSA) is 0 Å². The second-order valence-electron chi connectivity index (χ2n) is 8.46. The number of fused-ring (bicyclic) bond motifs is 7. The van der Waals surface area contributed by atoms with Crippen molar-refractivity contribution in [3.8, 4) is 11.1 Å². The lowest BCUT2D eigenvalue weighted by Crippen LogP contribution is -2.08. The number of hydrogen-bond donors (Lipinski definition) is 0. The molecular weight excluding hydrogens is 391 g/mol. The third kappa shape index (κ3) is 3.01. The summed E-state index contributed by atoms with van der Waals surface area (Å²) in [4.78, 5) is 0. The average Bonchev–Trinajstić information content (AvgIpc) is 2.99. The maximum Gasteiger partial charge on any atom is 0.00887 e. The van der Waals surface area contributed by atoms with E-state index in [4.69, 9.17) is 0 Å². The molecule has 1 unspecified atom stereocenters. The van der Waals surface area contributed by atoms with Gasteiger partial charge in [-0.05, 0) is 61.7 Å². The Morgan fingerprint density at radius 2 is 1.26 bits per heavy atom. The van der Waals surface area contributed by atoms with Crippen LogP contribution in [0, 0.1) is 0 Å². The molecule has 0 aromatic heterocycles. The Hall–Kier alpha value is -2.95. The molecule has 0 N–H and O–H groups in total. The van der Waals surface area contributed by atoms with E-state index in [0.29, 0.717) is 5.66 Å². The maximum atomic E-state index is 2.43. The Labute approximate surface area is 185 Å². The zero-order chi connectivity index (χ0) is 20.8. The first-order chi connectivity index (χ1) is 15.3. The van der Waals surface area contributed by atoms with E-state index in [2.05, 4.69) is 110 Å². The molecule has 31 heavy (non-hydrogen) atoms. The van der Waals surface area contributed by atoms with Crippen LogP contribution >= 0.6 is 7.92 Å². The van der Waals surface area contributed by atoms with E-state index in [1.807, 2.05) is 0 Å². The summed E-state index contributed by atoms with van der Waals surface area (Å²) in [5, 5.41) is 6.96. The average molecular weight is 417 g/mol. The fourth-order valence-corrected chi connectivity index (χ4v) is 8.32. The number of rotatable bonds is 2. The van der Waals surface area contributed by atoms with Gasteiger partial charge in [0.2, 0.25) is 0 Å². The summed E-state index contributed by atoms with van der Waals surface area (Å²) >= 11 is 0. The molecule has 0 spiro atoms. The lowest BCUT2D eigenvalue weighted by Gasteiger charge is -2.27. The zero-order valence-electron chi connectivity index (χ0n) is 17.8. The Morgan fingerprint density at radius 1 is 0.645 bits per heavy atom. The van der Waals surface area contributed by atoms with Gasteiger partial charge in [-0.3, -0.25) is 0 Å². The molecule has 0 saturated heterocycles. The first-order valence-electron chi connectivity index (χ1n) is 11.2. The van der Waals surface area contributed by atoms with Gasteiger partial charge < -0.3 is 0 Å². The van der Waals surface area contributed by atoms with Crippen LogP contribution in [0.25, 0.3) is 32.7 Å². The van der Waals surface area contributed by atoms with Gasteiger partial charge in [0.25, 0.3) is 0 Å². The van der Waals surface area contributed by atoms with Crippen LogP contribution in [0.5, 0.6) is 0 Å². The first kappa shape index (κ1) is 18.8. The van der Waals surface area contributed by atoms with E-state index in [1.165, 1.54) is 49.1 Å². The molecule has 1 heteroatoms. The summed E-state index contributed by atoms with van der Waals surface area (Å²) in [6, 6.07) is 38.6. The third-order valence-electron chi connectivity index (χ3n) is 6.78. The summed E-state index contributed by atoms with van der Waals surface area (Å²) < 4.78 is 0. The Kier molecular flexibility index (Phi) is 4.62. The zero-order valence-corrected chi connectivity index (χ0v) is 18.6. The minimum absolute atomic E-state index is 0.341. The van der Waals surface area contributed by atoms with Crippen molar-refractivity contribution in [3.05, 3.63) is 114 Å². The molecule has 0 fully saturated rings. The third-order valence-corrected chi connectivity index (χ3v) is 9.82. The van der Waals surface area contributed by atoms with E-state index >= 15 is 0 Å². The Bertz CT molecular complexity index is 1400. The van der Waals surface area contributed by atoms with Crippen molar-refractivity contribution in [3.63, 3.8) is 0 Å². The number of hydrogen-bond acceptors (Lipinski definition) is 0. The summed E-state index contributed by atoms with van der Waals surface area (Å²) in [6.45, 7) is 2.37. The van der Waals surface area contributed by atoms with Crippen LogP contribution in [0.2, 0.25) is 0 Å². The van der Waals surface area contributed by atoms with Gasteiger partial charge in [-0.1, -0.05) is 118 Å². The quantitative estimate of drug-likeness (QED) is 0.253. The van der Waals surface area contributed by atoms with E-state index in [0.717, 1.165) is 12.6 Å². The Balaban J connectivity index is 1.76. The molecule has 0 radical (unpaired) electrons. The molecule has 1 aliphatic rings. The second kappa shape index (κ2) is 7.63. The van der Waals surface area contributed by atoms with E-state index in [1.54, 1.807) is 0 Å². The molecule has 0 nitrogen and oxygen atoms in total. The second-order valence-corrected chi connectivity index (χ2v) is 10.9. The molecule has 1 aliphatic heterocycles. The van der Waals surface area contributed by atoms with E-state index < -0.39 is 0 Å². The number of benzene rings is 5. The largest absolute Gasteiger partial charge is 0.0644 e. The lowest BCUT2D eigenvalue weighted by atomic mass is 9.86. The molecule has 5 aromatic carbocycles. The normalized spacial score (nSPS) is 17.8. The summed E-state index contributed by atoms with van der Waals surface area (Å²) in [5.74, 6) is 0. The SMILES string of the molecule is CC[C@H]1c2ccc3ccccc3c2-c2c(ccc3ccccc23)CP1c1ccccc1. The minimum atomic E-state index is -0.341. The molecule has 150 valence electrons. The Morgan fingerprint density at radius 3 is 1.97 bits per heavy atom. The van der Waals surface area contributed by atoms with Crippen molar-refractivity contribution in [2.24, 2.45) is 0 Å². The fraction of sp³-hybridized carbons (Fsp3) is 0.133. The van der Waals surface area contributed by atoms with Gasteiger partial charge in [0.15, 0.2) is 0 Å². The maximum absolute atomic E-state index is 2.43. The van der Waals surface area contributed by atoms with Gasteiger partial charge in [0, 0.05) is 5.66 Å². The monoisotopic (exact) mass is 416 g/mol. The minimum Gasteiger partial charge on any atom is -0.0644 e. The van der Waals surface area contributed by atoms with Crippen molar-refractivity contribution < 1.29 is 0 Å². The van der Waals surface area contributed by atoms with Crippen LogP contribution in [-0.4, -0.2) is 0 Å². The summed E-state index contributed by atoms with van der Waals surface area (Å²) in [7, 11) is -0.341. The van der Waals surface area contributed by atoms with Crippen molar-refractivity contribution >= 4 is 34.8 Å². The van der Waals surface area contributed by atoms with Crippen LogP contribution in [0.3, 0.4) is 0 Å². The highest BCUT2D eigenvalue weighted by atomic mass is 31.1. The van der Waals surface area contributed by atoms with Gasteiger partial charge in [0.1, 0.15) is 0 Å². The van der Waals surface area contributed by atoms with Crippen molar-refractivity contribution in [2.75, 3.05) is 0 Å². The van der Waals surface area contributed by atoms with Crippen LogP contribution in [0.15, 0.2) is 103 Å². The molecule has 1 heterocycles. The predicted octanol–water partition coefficient (Wildman–Crippen LogP) is 8.43. The highest BCUT2D eigenvalue weighted by Gasteiger charge is 2.31. The first-order valence-corrected chi connectivity index (χ1v) is 12.8. The lowest BCUT2D eigenvalue weighted by molar-refractivity contribution is 0.887. The smallest absolute Gasteiger partial charge is 0.00887 e.